The molecule has 328 valence electrons. The van der Waals surface area contributed by atoms with E-state index in [4.69, 9.17) is 9.97 Å². The quantitative estimate of drug-likeness (QED) is 0.113. The van der Waals surface area contributed by atoms with Crippen LogP contribution in [0.1, 0.15) is 112 Å². The van der Waals surface area contributed by atoms with E-state index in [1.54, 1.807) is 0 Å². The minimum atomic E-state index is -0.302. The molecule has 0 radical (unpaired) electrons. The van der Waals surface area contributed by atoms with Crippen molar-refractivity contribution in [2.24, 2.45) is 11.8 Å². The molecule has 4 heterocycles. The summed E-state index contributed by atoms with van der Waals surface area (Å²) >= 11 is 0. The molecule has 2 saturated heterocycles. The number of aryl methyl sites for hydroxylation is 2. The minimum Gasteiger partial charge on any atom is -0.344 e. The van der Waals surface area contributed by atoms with Crippen molar-refractivity contribution in [2.45, 2.75) is 102 Å². The van der Waals surface area contributed by atoms with E-state index in [0.717, 1.165) is 110 Å². The van der Waals surface area contributed by atoms with E-state index < -0.39 is 0 Å². The molecule has 5 aliphatic rings. The molecule has 2 aromatic heterocycles. The van der Waals surface area contributed by atoms with Crippen LogP contribution in [0.15, 0.2) is 109 Å². The molecule has 10 heteroatoms. The molecule has 6 aromatic rings. The number of piperidine rings is 2. The van der Waals surface area contributed by atoms with Crippen molar-refractivity contribution in [3.63, 3.8) is 0 Å². The highest BCUT2D eigenvalue weighted by Crippen LogP contribution is 2.56. The third kappa shape index (κ3) is 7.10. The number of amides is 2. The Hall–Kier alpha value is -5.84. The van der Waals surface area contributed by atoms with E-state index in [9.17, 15) is 9.59 Å². The lowest BCUT2D eigenvalue weighted by Gasteiger charge is -2.35. The molecule has 2 saturated carbocycles. The van der Waals surface area contributed by atoms with Crippen molar-refractivity contribution in [1.29, 1.82) is 0 Å². The van der Waals surface area contributed by atoms with Gasteiger partial charge in [0.25, 0.3) is 0 Å². The predicted octanol–water partition coefficient (Wildman–Crippen LogP) is 9.72. The topological polar surface area (TPSA) is 104 Å². The summed E-state index contributed by atoms with van der Waals surface area (Å²) < 4.78 is 0. The second kappa shape index (κ2) is 16.6. The van der Waals surface area contributed by atoms with Crippen LogP contribution in [0.3, 0.4) is 0 Å². The van der Waals surface area contributed by atoms with E-state index >= 15 is 0 Å². The highest BCUT2D eigenvalue weighted by Gasteiger charge is 2.57. The lowest BCUT2D eigenvalue weighted by molar-refractivity contribution is -0.140. The van der Waals surface area contributed by atoms with Gasteiger partial charge in [0.1, 0.15) is 23.7 Å². The van der Waals surface area contributed by atoms with Gasteiger partial charge in [-0.25, -0.2) is 9.97 Å². The minimum absolute atomic E-state index is 0.0365. The molecule has 0 spiro atoms. The second-order valence-corrected chi connectivity index (χ2v) is 18.8. The van der Waals surface area contributed by atoms with Crippen molar-refractivity contribution in [3.8, 4) is 33.6 Å². The number of likely N-dealkylation sites (tertiary alicyclic amines) is 2. The number of likely N-dealkylation sites (N-methyl/N-ethyl adjacent to an activating group) is 2. The number of nitrogens with one attached hydrogen (secondary N) is 2. The maximum Gasteiger partial charge on any atom is 0.245 e. The number of aromatic amines is 2. The van der Waals surface area contributed by atoms with Gasteiger partial charge in [-0.1, -0.05) is 131 Å². The Bertz CT molecular complexity index is 2650. The molecule has 11 rings (SSSR count). The van der Waals surface area contributed by atoms with Crippen LogP contribution in [-0.4, -0.2) is 89.6 Å². The molecule has 3 aliphatic carbocycles. The monoisotopic (exact) mass is 852 g/mol. The lowest BCUT2D eigenvalue weighted by Crippen LogP contribution is -2.44. The van der Waals surface area contributed by atoms with Crippen LogP contribution in [0.2, 0.25) is 0 Å². The number of aromatic nitrogens is 4. The standard InChI is InChI=1S/C54H60N8O2/c1-5-59(6-2)49(35-15-11-9-12-16-35)53(63)61-44-28-39(44)30-46(61)51-55-32-43(57-51)34-21-19-33(20-22-34)37-23-25-41-38(27-37)24-26-42-48(41)58-52(56-42)47-31-40-29-45(40)62(47)54(64)50(60(7-3)8-4)36-17-13-10-14-18-36/h9-23,25,27,32,39-40,44-47,49-50H,5-8,24,26,28-31H2,1-4H3,(H,55,57)(H,56,58)/t39-,40-,44-,45-,46+,47+,49-,50-/m1/s1. The van der Waals surface area contributed by atoms with Crippen LogP contribution < -0.4 is 0 Å². The summed E-state index contributed by atoms with van der Waals surface area (Å²) in [6.45, 7) is 11.8. The molecular weight excluding hydrogens is 793 g/mol. The van der Waals surface area contributed by atoms with Crippen LogP contribution in [0.25, 0.3) is 33.6 Å². The number of carbonyl (C=O) groups is 2. The largest absolute Gasteiger partial charge is 0.344 e. The third-order valence-corrected chi connectivity index (χ3v) is 15.3. The average Bonchev–Trinajstić information content (AvgIpc) is 3.95. The van der Waals surface area contributed by atoms with Crippen molar-refractivity contribution in [1.82, 2.24) is 39.5 Å². The summed E-state index contributed by atoms with van der Waals surface area (Å²) in [7, 11) is 0. The molecule has 2 aliphatic heterocycles. The van der Waals surface area contributed by atoms with Crippen LogP contribution in [0.4, 0.5) is 0 Å². The molecule has 4 aromatic carbocycles. The van der Waals surface area contributed by atoms with Gasteiger partial charge in [0, 0.05) is 23.3 Å². The van der Waals surface area contributed by atoms with E-state index in [1.165, 1.54) is 22.4 Å². The van der Waals surface area contributed by atoms with E-state index in [1.807, 2.05) is 42.6 Å². The smallest absolute Gasteiger partial charge is 0.245 e. The first-order valence-electron chi connectivity index (χ1n) is 24.0. The molecule has 0 bridgehead atoms. The number of imidazole rings is 2. The highest BCUT2D eigenvalue weighted by atomic mass is 16.2. The molecule has 4 fully saturated rings. The van der Waals surface area contributed by atoms with Gasteiger partial charge < -0.3 is 19.8 Å². The number of nitrogens with zero attached hydrogens (tertiary/aromatic N) is 6. The summed E-state index contributed by atoms with van der Waals surface area (Å²) in [6, 6.07) is 36.0. The van der Waals surface area contributed by atoms with Gasteiger partial charge in [-0.05, 0) is 110 Å². The van der Waals surface area contributed by atoms with Gasteiger partial charge in [0.15, 0.2) is 0 Å². The Labute approximate surface area is 377 Å². The Kier molecular flexibility index (Phi) is 10.6. The number of H-pyrrole nitrogens is 2. The second-order valence-electron chi connectivity index (χ2n) is 18.8. The number of carbonyl (C=O) groups excluding carboxylic acids is 2. The average molecular weight is 853 g/mol. The molecular formula is C54H60N8O2. The van der Waals surface area contributed by atoms with E-state index in [-0.39, 0.29) is 36.0 Å². The fourth-order valence-electron chi connectivity index (χ4n) is 11.7. The van der Waals surface area contributed by atoms with E-state index in [0.29, 0.717) is 23.9 Å². The number of hydrogen-bond donors (Lipinski definition) is 2. The van der Waals surface area contributed by atoms with Crippen LogP contribution in [0.5, 0.6) is 0 Å². The number of hydrogen-bond acceptors (Lipinski definition) is 6. The molecule has 8 atom stereocenters. The summed E-state index contributed by atoms with van der Waals surface area (Å²) in [5, 5.41) is 0. The zero-order valence-electron chi connectivity index (χ0n) is 37.6. The summed E-state index contributed by atoms with van der Waals surface area (Å²) in [5.74, 6) is 3.30. The lowest BCUT2D eigenvalue weighted by atomic mass is 9.89. The van der Waals surface area contributed by atoms with Crippen molar-refractivity contribution in [2.75, 3.05) is 26.2 Å². The van der Waals surface area contributed by atoms with Gasteiger partial charge in [0.2, 0.25) is 11.8 Å². The molecule has 2 N–H and O–H groups in total. The number of fused-ring (bicyclic) bond motifs is 5. The summed E-state index contributed by atoms with van der Waals surface area (Å²) in [4.78, 5) is 55.8. The Balaban J connectivity index is 0.805. The first kappa shape index (κ1) is 40.9. The van der Waals surface area contributed by atoms with Crippen molar-refractivity contribution >= 4 is 11.8 Å². The zero-order chi connectivity index (χ0) is 43.6. The van der Waals surface area contributed by atoms with Crippen molar-refractivity contribution in [3.05, 3.63) is 143 Å². The molecule has 10 nitrogen and oxygen atoms in total. The molecule has 0 unspecified atom stereocenters. The zero-order valence-corrected chi connectivity index (χ0v) is 37.6. The van der Waals surface area contributed by atoms with E-state index in [2.05, 4.69) is 124 Å². The van der Waals surface area contributed by atoms with Gasteiger partial charge in [-0.3, -0.25) is 19.4 Å². The summed E-state index contributed by atoms with van der Waals surface area (Å²) in [6.07, 6.45) is 7.86. The van der Waals surface area contributed by atoms with Crippen LogP contribution >= 0.6 is 0 Å². The Morgan fingerprint density at radius 2 is 1.16 bits per heavy atom. The first-order chi connectivity index (χ1) is 31.4. The highest BCUT2D eigenvalue weighted by molar-refractivity contribution is 5.86. The fraction of sp³-hybridized carbons (Fsp3) is 0.407. The van der Waals surface area contributed by atoms with Crippen LogP contribution in [-0.2, 0) is 22.4 Å². The van der Waals surface area contributed by atoms with Crippen LogP contribution in [0, 0.1) is 11.8 Å². The predicted molar refractivity (Wildman–Crippen MR) is 251 cm³/mol. The fourth-order valence-corrected chi connectivity index (χ4v) is 11.7. The number of rotatable bonds is 14. The maximum atomic E-state index is 14.7. The van der Waals surface area contributed by atoms with Gasteiger partial charge >= 0.3 is 0 Å². The van der Waals surface area contributed by atoms with Gasteiger partial charge in [0.05, 0.1) is 29.7 Å². The third-order valence-electron chi connectivity index (χ3n) is 15.3. The van der Waals surface area contributed by atoms with Crippen molar-refractivity contribution < 1.29 is 9.59 Å². The maximum absolute atomic E-state index is 14.7. The Morgan fingerprint density at radius 1 is 0.625 bits per heavy atom. The normalized spacial score (nSPS) is 23.7. The molecule has 64 heavy (non-hydrogen) atoms. The SMILES string of the molecule is CCN(CC)[C@@H](C(=O)N1[C@@H]2C[C@@H]2C[C@H]1c1ncc(-c2ccc(-c3ccc4c(c3)CCc3[nH]c([C@@H]5C[C@H]6C[C@H]6N5C(=O)[C@@H](c5ccccc5)N(CC)CC)nc3-4)cc2)[nH]1)c1ccccc1. The van der Waals surface area contributed by atoms with Gasteiger partial charge in [-0.2, -0.15) is 0 Å². The number of benzene rings is 4. The summed E-state index contributed by atoms with van der Waals surface area (Å²) in [5.41, 5.74) is 11.2. The first-order valence-corrected chi connectivity index (χ1v) is 24.0. The van der Waals surface area contributed by atoms with Gasteiger partial charge in [-0.15, -0.1) is 0 Å². The molecule has 2 amide bonds. The Morgan fingerprint density at radius 3 is 1.72 bits per heavy atom.